The summed E-state index contributed by atoms with van der Waals surface area (Å²) in [6.45, 7) is 5.62. The van der Waals surface area contributed by atoms with Crippen LogP contribution in [0.25, 0.3) is 0 Å². The zero-order valence-electron chi connectivity index (χ0n) is 12.9. The van der Waals surface area contributed by atoms with Gasteiger partial charge in [0.05, 0.1) is 7.11 Å². The summed E-state index contributed by atoms with van der Waals surface area (Å²) in [7, 11) is 1.35. The van der Waals surface area contributed by atoms with Gasteiger partial charge in [0.15, 0.2) is 0 Å². The second-order valence-electron chi connectivity index (χ2n) is 6.32. The smallest absolute Gasteiger partial charge is 0.408 e. The lowest BCUT2D eigenvalue weighted by Gasteiger charge is -2.23. The fraction of sp³-hybridized carbons (Fsp3) is 0.750. The summed E-state index contributed by atoms with van der Waals surface area (Å²) in [5.41, 5.74) is -0.422. The van der Waals surface area contributed by atoms with Crippen LogP contribution in [0.1, 0.15) is 45.4 Å². The number of carbonyl (C=O) groups excluding carboxylic acids is 2. The van der Waals surface area contributed by atoms with Crippen molar-refractivity contribution in [3.63, 3.8) is 0 Å². The predicted molar refractivity (Wildman–Crippen MR) is 78.7 cm³/mol. The number of methoxy groups -OCH3 is 1. The van der Waals surface area contributed by atoms with Crippen LogP contribution in [0.3, 0.4) is 0 Å². The van der Waals surface area contributed by atoms with Crippen LogP contribution in [-0.4, -0.2) is 30.8 Å². The summed E-state index contributed by atoms with van der Waals surface area (Å²) < 4.78 is 10.3. The average molecular weight is 295 g/mol. The highest BCUT2D eigenvalue weighted by Crippen LogP contribution is 2.48. The Hall–Kier alpha value is -1.52. The molecule has 0 saturated heterocycles. The minimum atomic E-state index is -0.592. The largest absolute Gasteiger partial charge is 0.467 e. The van der Waals surface area contributed by atoms with Crippen molar-refractivity contribution in [2.75, 3.05) is 7.11 Å². The van der Waals surface area contributed by atoms with E-state index in [1.54, 1.807) is 0 Å². The van der Waals surface area contributed by atoms with E-state index in [0.717, 1.165) is 38.5 Å². The van der Waals surface area contributed by atoms with Gasteiger partial charge in [-0.2, -0.15) is 0 Å². The minimum absolute atomic E-state index is 0.154. The summed E-state index contributed by atoms with van der Waals surface area (Å²) in [6, 6.07) is -0.592. The Bertz CT molecular complexity index is 417. The second kappa shape index (κ2) is 6.50. The number of alkyl carbamates (subject to hydrolysis) is 1. The lowest BCUT2D eigenvalue weighted by atomic mass is 9.98. The summed E-state index contributed by atoms with van der Waals surface area (Å²) >= 11 is 0. The highest BCUT2D eigenvalue weighted by Gasteiger charge is 2.53. The molecule has 0 aromatic carbocycles. The predicted octanol–water partition coefficient (Wildman–Crippen LogP) is 2.80. The molecule has 3 atom stereocenters. The third-order valence-electron chi connectivity index (χ3n) is 4.73. The van der Waals surface area contributed by atoms with E-state index in [4.69, 9.17) is 9.47 Å². The molecule has 3 unspecified atom stereocenters. The third kappa shape index (κ3) is 3.77. The lowest BCUT2D eigenvalue weighted by Crippen LogP contribution is -2.47. The van der Waals surface area contributed by atoms with E-state index in [-0.39, 0.29) is 11.9 Å². The van der Waals surface area contributed by atoms with E-state index in [9.17, 15) is 9.59 Å². The number of amides is 1. The van der Waals surface area contributed by atoms with Crippen LogP contribution in [0.4, 0.5) is 4.79 Å². The summed E-state index contributed by atoms with van der Waals surface area (Å²) in [4.78, 5) is 23.9. The molecule has 2 aliphatic rings. The summed E-state index contributed by atoms with van der Waals surface area (Å²) in [6.07, 6.45) is 7.07. The number of hydrogen-bond acceptors (Lipinski definition) is 4. The van der Waals surface area contributed by atoms with Crippen molar-refractivity contribution in [1.82, 2.24) is 5.32 Å². The zero-order valence-corrected chi connectivity index (χ0v) is 12.9. The van der Waals surface area contributed by atoms with E-state index in [1.807, 2.05) is 13.0 Å². The van der Waals surface area contributed by atoms with Gasteiger partial charge in [0, 0.05) is 5.92 Å². The molecule has 0 bridgehead atoms. The van der Waals surface area contributed by atoms with Gasteiger partial charge in [-0.1, -0.05) is 18.9 Å². The fourth-order valence-corrected chi connectivity index (χ4v) is 3.24. The normalized spacial score (nSPS) is 29.5. The van der Waals surface area contributed by atoms with Gasteiger partial charge >= 0.3 is 12.1 Å². The molecule has 0 spiro atoms. The number of carbonyl (C=O) groups is 2. The van der Waals surface area contributed by atoms with Gasteiger partial charge in [-0.25, -0.2) is 9.59 Å². The Labute approximate surface area is 126 Å². The SMILES string of the molecule is C=CCC1CC1(C)OC(=O)NC(C(=O)OC)C1CCCC1. The minimum Gasteiger partial charge on any atom is -0.467 e. The number of rotatable bonds is 6. The molecule has 0 aliphatic heterocycles. The molecule has 0 aromatic rings. The quantitative estimate of drug-likeness (QED) is 0.604. The van der Waals surface area contributed by atoms with Crippen molar-refractivity contribution in [3.05, 3.63) is 12.7 Å². The van der Waals surface area contributed by atoms with Gasteiger partial charge in [0.1, 0.15) is 11.6 Å². The first-order valence-electron chi connectivity index (χ1n) is 7.68. The maximum Gasteiger partial charge on any atom is 0.408 e. The highest BCUT2D eigenvalue weighted by atomic mass is 16.6. The van der Waals surface area contributed by atoms with Crippen molar-refractivity contribution in [1.29, 1.82) is 0 Å². The van der Waals surface area contributed by atoms with Crippen molar-refractivity contribution in [2.45, 2.75) is 57.1 Å². The average Bonchev–Trinajstić information content (AvgIpc) is 2.88. The molecule has 0 aromatic heterocycles. The fourth-order valence-electron chi connectivity index (χ4n) is 3.24. The summed E-state index contributed by atoms with van der Waals surface area (Å²) in [5.74, 6) is 0.104. The van der Waals surface area contributed by atoms with Gasteiger partial charge in [-0.3, -0.25) is 0 Å². The first kappa shape index (κ1) is 15.9. The molecule has 2 aliphatic carbocycles. The topological polar surface area (TPSA) is 64.6 Å². The van der Waals surface area contributed by atoms with E-state index in [0.29, 0.717) is 5.92 Å². The summed E-state index contributed by atoms with van der Waals surface area (Å²) in [5, 5.41) is 2.71. The monoisotopic (exact) mass is 295 g/mol. The molecule has 1 amide bonds. The van der Waals surface area contributed by atoms with E-state index >= 15 is 0 Å². The molecular weight excluding hydrogens is 270 g/mol. The van der Waals surface area contributed by atoms with Gasteiger partial charge in [-0.05, 0) is 38.5 Å². The Kier molecular flexibility index (Phi) is 4.91. The van der Waals surface area contributed by atoms with Crippen LogP contribution in [0.5, 0.6) is 0 Å². The second-order valence-corrected chi connectivity index (χ2v) is 6.32. The first-order chi connectivity index (χ1) is 10.00. The number of esters is 1. The van der Waals surface area contributed by atoms with Crippen LogP contribution >= 0.6 is 0 Å². The van der Waals surface area contributed by atoms with Crippen molar-refractivity contribution >= 4 is 12.1 Å². The van der Waals surface area contributed by atoms with Gasteiger partial charge in [0.2, 0.25) is 0 Å². The molecule has 5 nitrogen and oxygen atoms in total. The maximum absolute atomic E-state index is 12.1. The Morgan fingerprint density at radius 2 is 2.10 bits per heavy atom. The molecule has 1 N–H and O–H groups in total. The molecular formula is C16H25NO4. The van der Waals surface area contributed by atoms with Crippen molar-refractivity contribution in [2.24, 2.45) is 11.8 Å². The van der Waals surface area contributed by atoms with E-state index in [2.05, 4.69) is 11.9 Å². The van der Waals surface area contributed by atoms with Gasteiger partial charge in [0.25, 0.3) is 0 Å². The van der Waals surface area contributed by atoms with Gasteiger partial charge < -0.3 is 14.8 Å². The number of allylic oxidation sites excluding steroid dienone is 1. The Balaban J connectivity index is 1.89. The molecule has 21 heavy (non-hydrogen) atoms. The number of hydrogen-bond donors (Lipinski definition) is 1. The Morgan fingerprint density at radius 1 is 1.43 bits per heavy atom. The first-order valence-corrected chi connectivity index (χ1v) is 7.68. The Morgan fingerprint density at radius 3 is 2.67 bits per heavy atom. The molecule has 118 valence electrons. The molecule has 2 fully saturated rings. The zero-order chi connectivity index (χ0) is 15.5. The van der Waals surface area contributed by atoms with E-state index < -0.39 is 17.7 Å². The molecule has 5 heteroatoms. The number of nitrogens with one attached hydrogen (secondary N) is 1. The molecule has 2 saturated carbocycles. The highest BCUT2D eigenvalue weighted by molar-refractivity contribution is 5.81. The molecule has 0 radical (unpaired) electrons. The van der Waals surface area contributed by atoms with Gasteiger partial charge in [-0.15, -0.1) is 6.58 Å². The maximum atomic E-state index is 12.1. The van der Waals surface area contributed by atoms with Crippen LogP contribution in [-0.2, 0) is 14.3 Å². The standard InChI is InChI=1S/C16H25NO4/c1-4-7-12-10-16(12,2)21-15(19)17-13(14(18)20-3)11-8-5-6-9-11/h4,11-13H,1,5-10H2,2-3H3,(H,17,19). The lowest BCUT2D eigenvalue weighted by molar-refractivity contribution is -0.144. The molecule has 2 rings (SSSR count). The van der Waals surface area contributed by atoms with Crippen LogP contribution in [0.2, 0.25) is 0 Å². The van der Waals surface area contributed by atoms with E-state index in [1.165, 1.54) is 7.11 Å². The number of ether oxygens (including phenoxy) is 2. The van der Waals surface area contributed by atoms with Crippen LogP contribution < -0.4 is 5.32 Å². The third-order valence-corrected chi connectivity index (χ3v) is 4.73. The van der Waals surface area contributed by atoms with Crippen LogP contribution in [0, 0.1) is 11.8 Å². The van der Waals surface area contributed by atoms with Crippen molar-refractivity contribution in [3.8, 4) is 0 Å². The van der Waals surface area contributed by atoms with Crippen molar-refractivity contribution < 1.29 is 19.1 Å². The molecule has 0 heterocycles. The van der Waals surface area contributed by atoms with Crippen LogP contribution in [0.15, 0.2) is 12.7 Å².